The van der Waals surface area contributed by atoms with E-state index in [1.165, 1.54) is 9.47 Å². The van der Waals surface area contributed by atoms with Crippen molar-refractivity contribution in [2.24, 2.45) is 0 Å². The molecule has 0 atom stereocenters. The van der Waals surface area contributed by atoms with E-state index in [0.717, 1.165) is 44.9 Å². The van der Waals surface area contributed by atoms with Gasteiger partial charge in [-0.1, -0.05) is 89.4 Å². The number of nitrogens with zero attached hydrogens (tertiary/aromatic N) is 4. The summed E-state index contributed by atoms with van der Waals surface area (Å²) in [6.45, 7) is 0. The Hall–Kier alpha value is -4.39. The molecule has 0 aliphatic carbocycles. The van der Waals surface area contributed by atoms with E-state index in [1.807, 2.05) is 103 Å². The lowest BCUT2D eigenvalue weighted by molar-refractivity contribution is 1.27. The molecule has 44 heavy (non-hydrogen) atoms. The molecular weight excluding hydrogens is 632 g/mol. The average Bonchev–Trinajstić information content (AvgIpc) is 3.81. The molecule has 2 aromatic carbocycles. The lowest BCUT2D eigenvalue weighted by Crippen LogP contribution is -1.83. The van der Waals surface area contributed by atoms with Crippen LogP contribution in [-0.2, 0) is 0 Å². The normalized spacial score (nSPS) is 11.9. The molecule has 0 fully saturated rings. The molecule has 0 amide bonds. The van der Waals surface area contributed by atoms with Gasteiger partial charge >= 0.3 is 0 Å². The first-order valence-electron chi connectivity index (χ1n) is 13.6. The number of para-hydroxylation sites is 1. The number of rotatable bonds is 1. The highest BCUT2D eigenvalue weighted by Gasteiger charge is 2.20. The maximum absolute atomic E-state index is 6.94. The van der Waals surface area contributed by atoms with Crippen LogP contribution in [0.3, 0.4) is 0 Å². The van der Waals surface area contributed by atoms with E-state index in [9.17, 15) is 0 Å². The van der Waals surface area contributed by atoms with Crippen molar-refractivity contribution in [2.45, 2.75) is 0 Å². The first-order chi connectivity index (χ1) is 21.4. The summed E-state index contributed by atoms with van der Waals surface area (Å²) in [6, 6.07) is 29.4. The minimum Gasteiger partial charge on any atom is -0.353 e. The van der Waals surface area contributed by atoms with Crippen LogP contribution in [-0.4, -0.2) is 24.0 Å². The van der Waals surface area contributed by atoms with Crippen LogP contribution in [0, 0.1) is 0 Å². The zero-order valence-corrected chi connectivity index (χ0v) is 25.9. The van der Waals surface area contributed by atoms with Crippen molar-refractivity contribution >= 4 is 104 Å². The highest BCUT2D eigenvalue weighted by molar-refractivity contribution is 6.47. The largest absolute Gasteiger partial charge is 0.353 e. The van der Waals surface area contributed by atoms with Crippen LogP contribution >= 0.6 is 46.6 Å². The van der Waals surface area contributed by atoms with Gasteiger partial charge in [-0.05, 0) is 66.3 Å². The van der Waals surface area contributed by atoms with E-state index >= 15 is 0 Å². The molecule has 9 heteroatoms. The molecule has 2 aliphatic rings. The van der Waals surface area contributed by atoms with Crippen molar-refractivity contribution in [3.05, 3.63) is 135 Å². The standard InChI is InChI=1S/C26H14Cl4N4.C9H7N/c27-20-12-19-11-17-7-6-15(31-17)10-16-8-9-18(32-16)13-21-22(14-4-2-1-3-5-14)23(28)26(34(21)30)24(29)25(20)33-19;1-2-6-9-8(4-1)5-3-7-10-9/h1-13,33H;1-7H. The van der Waals surface area contributed by atoms with Gasteiger partial charge in [0.1, 0.15) is 0 Å². The first kappa shape index (κ1) is 28.4. The zero-order chi connectivity index (χ0) is 30.2. The second kappa shape index (κ2) is 11.9. The van der Waals surface area contributed by atoms with Gasteiger partial charge in [0.25, 0.3) is 0 Å². The third kappa shape index (κ3) is 5.51. The summed E-state index contributed by atoms with van der Waals surface area (Å²) in [5, 5.41) is 2.36. The van der Waals surface area contributed by atoms with E-state index in [0.29, 0.717) is 31.6 Å². The maximum Gasteiger partial charge on any atom is 0.0983 e. The fourth-order valence-corrected chi connectivity index (χ4v) is 6.57. The third-order valence-corrected chi connectivity index (χ3v) is 8.52. The molecule has 8 rings (SSSR count). The van der Waals surface area contributed by atoms with Crippen LogP contribution in [0.1, 0.15) is 22.8 Å². The van der Waals surface area contributed by atoms with Crippen molar-refractivity contribution in [1.82, 2.24) is 24.0 Å². The fraction of sp³-hybridized carbons (Fsp3) is 0. The molecule has 4 aromatic heterocycles. The predicted octanol–water partition coefficient (Wildman–Crippen LogP) is 11.0. The first-order valence-corrected chi connectivity index (χ1v) is 15.1. The molecule has 6 heterocycles. The van der Waals surface area contributed by atoms with E-state index in [2.05, 4.69) is 27.1 Å². The molecule has 0 saturated carbocycles. The van der Waals surface area contributed by atoms with Crippen LogP contribution < -0.4 is 0 Å². The van der Waals surface area contributed by atoms with Gasteiger partial charge in [0.15, 0.2) is 0 Å². The highest BCUT2D eigenvalue weighted by atomic mass is 35.5. The quantitative estimate of drug-likeness (QED) is 0.192. The summed E-state index contributed by atoms with van der Waals surface area (Å²) >= 11 is 27.3. The number of aromatic nitrogens is 5. The summed E-state index contributed by atoms with van der Waals surface area (Å²) in [5.41, 5.74) is 8.18. The van der Waals surface area contributed by atoms with Crippen molar-refractivity contribution in [3.8, 4) is 11.1 Å². The van der Waals surface area contributed by atoms with Crippen LogP contribution in [0.5, 0.6) is 0 Å². The number of benzene rings is 2. The van der Waals surface area contributed by atoms with Gasteiger partial charge < -0.3 is 4.98 Å². The van der Waals surface area contributed by atoms with E-state index in [4.69, 9.17) is 51.6 Å². The van der Waals surface area contributed by atoms with Crippen molar-refractivity contribution in [2.75, 3.05) is 0 Å². The predicted molar refractivity (Wildman–Crippen MR) is 186 cm³/mol. The summed E-state index contributed by atoms with van der Waals surface area (Å²) in [4.78, 5) is 16.8. The molecule has 0 saturated heterocycles. The van der Waals surface area contributed by atoms with Crippen LogP contribution in [0.25, 0.3) is 68.4 Å². The number of halogens is 4. The second-order valence-corrected chi connectivity index (χ2v) is 11.6. The summed E-state index contributed by atoms with van der Waals surface area (Å²) in [5.74, 6) is 0. The summed E-state index contributed by atoms with van der Waals surface area (Å²) in [6.07, 6.45) is 9.53. The molecule has 6 aromatic rings. The molecule has 8 bridgehead atoms. The zero-order valence-electron chi connectivity index (χ0n) is 22.8. The molecule has 0 spiro atoms. The van der Waals surface area contributed by atoms with E-state index < -0.39 is 0 Å². The Morgan fingerprint density at radius 1 is 0.636 bits per heavy atom. The van der Waals surface area contributed by atoms with Gasteiger partial charge in [0.05, 0.1) is 59.9 Å². The van der Waals surface area contributed by atoms with E-state index in [-0.39, 0.29) is 0 Å². The molecule has 2 aliphatic heterocycles. The van der Waals surface area contributed by atoms with Crippen molar-refractivity contribution in [1.29, 1.82) is 0 Å². The lowest BCUT2D eigenvalue weighted by Gasteiger charge is -2.00. The van der Waals surface area contributed by atoms with Gasteiger partial charge in [-0.3, -0.25) is 4.98 Å². The molecule has 5 nitrogen and oxygen atoms in total. The molecule has 0 radical (unpaired) electrons. The van der Waals surface area contributed by atoms with Gasteiger partial charge in [-0.2, -0.15) is 0 Å². The minimum absolute atomic E-state index is 0.300. The Balaban J connectivity index is 0.000000264. The average molecular weight is 653 g/mol. The second-order valence-electron chi connectivity index (χ2n) is 10.1. The van der Waals surface area contributed by atoms with Crippen molar-refractivity contribution < 1.29 is 0 Å². The van der Waals surface area contributed by atoms with Crippen LogP contribution in [0.2, 0.25) is 15.1 Å². The topological polar surface area (TPSA) is 59.4 Å². The maximum atomic E-state index is 6.94. The number of fused-ring (bicyclic) bond motifs is 9. The Morgan fingerprint density at radius 3 is 2.00 bits per heavy atom. The summed E-state index contributed by atoms with van der Waals surface area (Å²) < 4.78 is 1.46. The van der Waals surface area contributed by atoms with Gasteiger partial charge in [-0.15, -0.1) is 0 Å². The molecule has 214 valence electrons. The smallest absolute Gasteiger partial charge is 0.0983 e. The van der Waals surface area contributed by atoms with Crippen molar-refractivity contribution in [3.63, 3.8) is 0 Å². The fourth-order valence-electron chi connectivity index (χ4n) is 5.11. The van der Waals surface area contributed by atoms with Crippen LogP contribution in [0.15, 0.2) is 97.2 Å². The third-order valence-electron chi connectivity index (χ3n) is 7.13. The van der Waals surface area contributed by atoms with Crippen LogP contribution in [0.4, 0.5) is 0 Å². The number of nitrogens with one attached hydrogen (secondary N) is 1. The number of aromatic amines is 1. The van der Waals surface area contributed by atoms with E-state index in [1.54, 1.807) is 6.07 Å². The molecule has 0 unspecified atom stereocenters. The van der Waals surface area contributed by atoms with Gasteiger partial charge in [0.2, 0.25) is 0 Å². The monoisotopic (exact) mass is 651 g/mol. The Kier molecular flexibility index (Phi) is 7.71. The number of pyridine rings is 1. The Bertz CT molecular complexity index is 2220. The Morgan fingerprint density at radius 2 is 1.27 bits per heavy atom. The molecular formula is C35H21Cl4N5. The SMILES string of the molecule is Clc1cc2cc3nc(cc4nc(cc5c(-c6ccccc6)c(Cl)c(c(Cl)c1[nH]2)n5Cl)C=C4)C=C3.c1ccc2ncccc2c1. The number of hydrogen-bond acceptors (Lipinski definition) is 3. The van der Waals surface area contributed by atoms with Gasteiger partial charge in [0, 0.05) is 34.4 Å². The number of H-pyrrole nitrogens is 1. The highest BCUT2D eigenvalue weighted by Crippen LogP contribution is 2.43. The lowest BCUT2D eigenvalue weighted by atomic mass is 10.1. The molecule has 1 N–H and O–H groups in total. The number of hydrogen-bond donors (Lipinski definition) is 1. The summed E-state index contributed by atoms with van der Waals surface area (Å²) in [7, 11) is 0. The Labute approximate surface area is 272 Å². The van der Waals surface area contributed by atoms with Gasteiger partial charge in [-0.25, -0.2) is 14.1 Å². The minimum atomic E-state index is 0.300.